The first kappa shape index (κ1) is 18.1. The van der Waals surface area contributed by atoms with Gasteiger partial charge in [0.25, 0.3) is 0 Å². The van der Waals surface area contributed by atoms with Crippen LogP contribution < -0.4 is 5.32 Å². The maximum atomic E-state index is 12.4. The van der Waals surface area contributed by atoms with Gasteiger partial charge in [-0.2, -0.15) is 0 Å². The van der Waals surface area contributed by atoms with Crippen LogP contribution >= 0.6 is 34.4 Å². The maximum absolute atomic E-state index is 12.4. The van der Waals surface area contributed by atoms with Crippen molar-refractivity contribution in [1.82, 2.24) is 9.55 Å². The SMILES string of the molecule is O=C(CSc1nc2ccccc2n1-c1ccccc1)Nc1cccc(I)c1. The highest BCUT2D eigenvalue weighted by Crippen LogP contribution is 2.28. The van der Waals surface area contributed by atoms with Gasteiger partial charge in [0.15, 0.2) is 5.16 Å². The Balaban J connectivity index is 1.58. The molecule has 0 aliphatic heterocycles. The van der Waals surface area contributed by atoms with Crippen LogP contribution in [-0.2, 0) is 4.79 Å². The zero-order valence-corrected chi connectivity index (χ0v) is 17.3. The number of amides is 1. The molecule has 0 atom stereocenters. The summed E-state index contributed by atoms with van der Waals surface area (Å²) in [6.45, 7) is 0. The second kappa shape index (κ2) is 8.14. The second-order valence-corrected chi connectivity index (χ2v) is 8.09. The van der Waals surface area contributed by atoms with Crippen molar-refractivity contribution in [2.45, 2.75) is 5.16 Å². The highest BCUT2D eigenvalue weighted by molar-refractivity contribution is 14.1. The maximum Gasteiger partial charge on any atom is 0.234 e. The van der Waals surface area contributed by atoms with E-state index in [1.807, 2.05) is 78.9 Å². The molecule has 0 unspecified atom stereocenters. The Bertz CT molecular complexity index is 1090. The van der Waals surface area contributed by atoms with E-state index in [-0.39, 0.29) is 5.91 Å². The van der Waals surface area contributed by atoms with Crippen LogP contribution in [0.25, 0.3) is 16.7 Å². The van der Waals surface area contributed by atoms with E-state index in [4.69, 9.17) is 4.98 Å². The molecule has 3 aromatic carbocycles. The number of hydrogen-bond acceptors (Lipinski definition) is 3. The Morgan fingerprint density at radius 2 is 1.78 bits per heavy atom. The molecule has 4 nitrogen and oxygen atoms in total. The fraction of sp³-hybridized carbons (Fsp3) is 0.0476. The first-order valence-electron chi connectivity index (χ1n) is 8.42. The predicted octanol–water partition coefficient (Wildman–Crippen LogP) is 5.36. The lowest BCUT2D eigenvalue weighted by Crippen LogP contribution is -2.14. The van der Waals surface area contributed by atoms with Crippen molar-refractivity contribution in [3.8, 4) is 5.69 Å². The van der Waals surface area contributed by atoms with Crippen molar-refractivity contribution in [3.63, 3.8) is 0 Å². The quantitative estimate of drug-likeness (QED) is 0.306. The summed E-state index contributed by atoms with van der Waals surface area (Å²) in [7, 11) is 0. The summed E-state index contributed by atoms with van der Waals surface area (Å²) < 4.78 is 3.18. The molecule has 0 fully saturated rings. The number of nitrogens with zero attached hydrogens (tertiary/aromatic N) is 2. The van der Waals surface area contributed by atoms with Gasteiger partial charge in [-0.1, -0.05) is 48.2 Å². The summed E-state index contributed by atoms with van der Waals surface area (Å²) in [4.78, 5) is 17.1. The average Bonchev–Trinajstić information content (AvgIpc) is 3.05. The Morgan fingerprint density at radius 3 is 2.59 bits per heavy atom. The first-order chi connectivity index (χ1) is 13.2. The minimum atomic E-state index is -0.0475. The lowest BCUT2D eigenvalue weighted by atomic mass is 10.3. The third-order valence-corrected chi connectivity index (χ3v) is 5.59. The molecule has 0 radical (unpaired) electrons. The molecule has 0 saturated carbocycles. The van der Waals surface area contributed by atoms with Crippen LogP contribution in [0.5, 0.6) is 0 Å². The van der Waals surface area contributed by atoms with E-state index in [0.29, 0.717) is 5.75 Å². The lowest BCUT2D eigenvalue weighted by molar-refractivity contribution is -0.113. The molecule has 27 heavy (non-hydrogen) atoms. The number of carbonyl (C=O) groups is 1. The molecule has 0 bridgehead atoms. The molecule has 0 spiro atoms. The molecule has 4 rings (SSSR count). The summed E-state index contributed by atoms with van der Waals surface area (Å²) in [5.41, 5.74) is 3.79. The van der Waals surface area contributed by atoms with E-state index in [0.717, 1.165) is 31.1 Å². The minimum Gasteiger partial charge on any atom is -0.325 e. The number of nitrogens with one attached hydrogen (secondary N) is 1. The summed E-state index contributed by atoms with van der Waals surface area (Å²) in [6, 6.07) is 25.9. The van der Waals surface area contributed by atoms with Gasteiger partial charge in [0, 0.05) is 14.9 Å². The number of carbonyl (C=O) groups excluding carboxylic acids is 1. The van der Waals surface area contributed by atoms with E-state index in [9.17, 15) is 4.79 Å². The summed E-state index contributed by atoms with van der Waals surface area (Å²) in [6.07, 6.45) is 0. The number of halogens is 1. The largest absolute Gasteiger partial charge is 0.325 e. The fourth-order valence-electron chi connectivity index (χ4n) is 2.82. The summed E-state index contributed by atoms with van der Waals surface area (Å²) in [5.74, 6) is 0.246. The van der Waals surface area contributed by atoms with Crippen molar-refractivity contribution in [1.29, 1.82) is 0 Å². The molecule has 1 aromatic heterocycles. The van der Waals surface area contributed by atoms with E-state index in [1.165, 1.54) is 11.8 Å². The number of imidazole rings is 1. The zero-order chi connectivity index (χ0) is 18.6. The molecule has 0 aliphatic rings. The number of hydrogen-bond donors (Lipinski definition) is 1. The summed E-state index contributed by atoms with van der Waals surface area (Å²) in [5, 5.41) is 3.75. The second-order valence-electron chi connectivity index (χ2n) is 5.90. The average molecular weight is 485 g/mol. The van der Waals surface area contributed by atoms with Gasteiger partial charge in [-0.3, -0.25) is 9.36 Å². The van der Waals surface area contributed by atoms with Crippen LogP contribution in [0.4, 0.5) is 5.69 Å². The fourth-order valence-corrected chi connectivity index (χ4v) is 4.19. The molecule has 4 aromatic rings. The van der Waals surface area contributed by atoms with Crippen LogP contribution in [0.2, 0.25) is 0 Å². The Labute approximate surface area is 175 Å². The van der Waals surface area contributed by atoms with Gasteiger partial charge in [0.05, 0.1) is 16.8 Å². The van der Waals surface area contributed by atoms with Gasteiger partial charge in [-0.25, -0.2) is 4.98 Å². The topological polar surface area (TPSA) is 46.9 Å². The monoisotopic (exact) mass is 485 g/mol. The van der Waals surface area contributed by atoms with Gasteiger partial charge in [-0.15, -0.1) is 0 Å². The Morgan fingerprint density at radius 1 is 1.00 bits per heavy atom. The van der Waals surface area contributed by atoms with Crippen LogP contribution in [0.1, 0.15) is 0 Å². The smallest absolute Gasteiger partial charge is 0.234 e. The molecule has 1 N–H and O–H groups in total. The van der Waals surface area contributed by atoms with E-state index in [2.05, 4.69) is 32.5 Å². The molecule has 0 aliphatic carbocycles. The molecule has 6 heteroatoms. The third-order valence-electron chi connectivity index (χ3n) is 3.99. The normalized spacial score (nSPS) is 10.9. The lowest BCUT2D eigenvalue weighted by Gasteiger charge is -2.09. The standard InChI is InChI=1S/C21H16IN3OS/c22-15-7-6-8-16(13-15)23-20(26)14-27-21-24-18-11-4-5-12-19(18)25(21)17-9-2-1-3-10-17/h1-13H,14H2,(H,23,26). The van der Waals surface area contributed by atoms with E-state index < -0.39 is 0 Å². The number of fused-ring (bicyclic) bond motifs is 1. The molecular formula is C21H16IN3OS. The van der Waals surface area contributed by atoms with Gasteiger partial charge < -0.3 is 5.32 Å². The van der Waals surface area contributed by atoms with Crippen molar-refractivity contribution in [2.75, 3.05) is 11.1 Å². The van der Waals surface area contributed by atoms with Crippen LogP contribution in [-0.4, -0.2) is 21.2 Å². The highest BCUT2D eigenvalue weighted by atomic mass is 127. The number of aromatic nitrogens is 2. The Kier molecular flexibility index (Phi) is 5.45. The molecule has 134 valence electrons. The van der Waals surface area contributed by atoms with Crippen LogP contribution in [0, 0.1) is 3.57 Å². The molecule has 0 saturated heterocycles. The number of para-hydroxylation sites is 3. The van der Waals surface area contributed by atoms with Crippen LogP contribution in [0.15, 0.2) is 84.0 Å². The van der Waals surface area contributed by atoms with Gasteiger partial charge in [0.1, 0.15) is 0 Å². The van der Waals surface area contributed by atoms with Crippen molar-refractivity contribution in [2.24, 2.45) is 0 Å². The van der Waals surface area contributed by atoms with Gasteiger partial charge >= 0.3 is 0 Å². The minimum absolute atomic E-state index is 0.0475. The van der Waals surface area contributed by atoms with Gasteiger partial charge in [-0.05, 0) is 65.1 Å². The number of rotatable bonds is 5. The van der Waals surface area contributed by atoms with E-state index >= 15 is 0 Å². The first-order valence-corrected chi connectivity index (χ1v) is 10.5. The third kappa shape index (κ3) is 4.17. The van der Waals surface area contributed by atoms with Crippen molar-refractivity contribution >= 4 is 57.0 Å². The molecule has 1 amide bonds. The van der Waals surface area contributed by atoms with Gasteiger partial charge in [0.2, 0.25) is 5.91 Å². The van der Waals surface area contributed by atoms with Crippen molar-refractivity contribution < 1.29 is 4.79 Å². The zero-order valence-electron chi connectivity index (χ0n) is 14.3. The molecule has 1 heterocycles. The van der Waals surface area contributed by atoms with E-state index in [1.54, 1.807) is 0 Å². The number of thioether (sulfide) groups is 1. The number of anilines is 1. The Hall–Kier alpha value is -2.32. The number of benzene rings is 3. The highest BCUT2D eigenvalue weighted by Gasteiger charge is 2.14. The molecular weight excluding hydrogens is 469 g/mol. The van der Waals surface area contributed by atoms with Crippen LogP contribution in [0.3, 0.4) is 0 Å². The predicted molar refractivity (Wildman–Crippen MR) is 120 cm³/mol. The van der Waals surface area contributed by atoms with Crippen molar-refractivity contribution in [3.05, 3.63) is 82.4 Å². The summed E-state index contributed by atoms with van der Waals surface area (Å²) >= 11 is 3.67.